The zero-order valence-electron chi connectivity index (χ0n) is 17.5. The van der Waals surface area contributed by atoms with Gasteiger partial charge in [0.15, 0.2) is 5.13 Å². The van der Waals surface area contributed by atoms with E-state index in [-0.39, 0.29) is 11.8 Å². The van der Waals surface area contributed by atoms with Crippen LogP contribution in [0.25, 0.3) is 0 Å². The number of aromatic nitrogens is 1. The smallest absolute Gasteiger partial charge is 0.229 e. The molecular weight excluding hydrogens is 370 g/mol. The Kier molecular flexibility index (Phi) is 6.73. The van der Waals surface area contributed by atoms with Crippen LogP contribution >= 0.6 is 11.3 Å². The van der Waals surface area contributed by atoms with Crippen molar-refractivity contribution in [2.75, 3.05) is 32.6 Å². The van der Waals surface area contributed by atoms with Crippen molar-refractivity contribution >= 4 is 22.4 Å². The number of amides is 1. The molecule has 6 heteroatoms. The Hall–Kier alpha value is -1.92. The lowest BCUT2D eigenvalue weighted by molar-refractivity contribution is -0.121. The second kappa shape index (κ2) is 9.05. The molecule has 28 heavy (non-hydrogen) atoms. The molecule has 0 saturated heterocycles. The number of ether oxygens (including phenoxy) is 1. The number of thiazole rings is 1. The van der Waals surface area contributed by atoms with Crippen LogP contribution in [0.4, 0.5) is 5.13 Å². The van der Waals surface area contributed by atoms with Crippen molar-refractivity contribution in [1.82, 2.24) is 9.88 Å². The Morgan fingerprint density at radius 3 is 2.86 bits per heavy atom. The number of nitrogens with one attached hydrogen (secondary N) is 1. The second-order valence-electron chi connectivity index (χ2n) is 8.04. The zero-order chi connectivity index (χ0) is 20.3. The molecule has 1 aliphatic carbocycles. The van der Waals surface area contributed by atoms with Crippen LogP contribution in [-0.2, 0) is 17.6 Å². The van der Waals surface area contributed by atoms with E-state index in [1.165, 1.54) is 33.6 Å². The minimum absolute atomic E-state index is 0.0462. The van der Waals surface area contributed by atoms with Crippen LogP contribution in [0.1, 0.15) is 35.6 Å². The topological polar surface area (TPSA) is 54.5 Å². The van der Waals surface area contributed by atoms with Gasteiger partial charge < -0.3 is 15.0 Å². The van der Waals surface area contributed by atoms with Crippen molar-refractivity contribution in [2.24, 2.45) is 11.8 Å². The lowest BCUT2D eigenvalue weighted by Gasteiger charge is -2.31. The number of carbonyl (C=O) groups is 1. The molecule has 1 aromatic carbocycles. The Bertz CT molecular complexity index is 818. The van der Waals surface area contributed by atoms with Gasteiger partial charge in [-0.15, -0.1) is 11.3 Å². The van der Waals surface area contributed by atoms with Gasteiger partial charge in [-0.3, -0.25) is 4.79 Å². The zero-order valence-corrected chi connectivity index (χ0v) is 18.4. The van der Waals surface area contributed by atoms with Crippen LogP contribution in [0.15, 0.2) is 17.6 Å². The third kappa shape index (κ3) is 4.73. The largest absolute Gasteiger partial charge is 0.492 e. The van der Waals surface area contributed by atoms with Crippen LogP contribution in [0.3, 0.4) is 0 Å². The Morgan fingerprint density at radius 1 is 1.39 bits per heavy atom. The van der Waals surface area contributed by atoms with Crippen LogP contribution in [0, 0.1) is 25.7 Å². The number of aryl methyl sites for hydroxylation is 1. The van der Waals surface area contributed by atoms with Gasteiger partial charge in [0.1, 0.15) is 12.4 Å². The maximum atomic E-state index is 12.7. The summed E-state index contributed by atoms with van der Waals surface area (Å²) < 4.78 is 6.08. The molecule has 0 fully saturated rings. The Morgan fingerprint density at radius 2 is 2.18 bits per heavy atom. The summed E-state index contributed by atoms with van der Waals surface area (Å²) in [4.78, 5) is 19.0. The lowest BCUT2D eigenvalue weighted by Crippen LogP contribution is -2.31. The third-order valence-corrected chi connectivity index (χ3v) is 6.51. The van der Waals surface area contributed by atoms with Gasteiger partial charge in [0.25, 0.3) is 0 Å². The summed E-state index contributed by atoms with van der Waals surface area (Å²) in [5, 5.41) is 5.51. The van der Waals surface area contributed by atoms with Crippen LogP contribution < -0.4 is 10.1 Å². The van der Waals surface area contributed by atoms with Crippen LogP contribution in [-0.4, -0.2) is 43.0 Å². The predicted molar refractivity (Wildman–Crippen MR) is 115 cm³/mol. The molecule has 0 aliphatic heterocycles. The fourth-order valence-electron chi connectivity index (χ4n) is 3.96. The van der Waals surface area contributed by atoms with Crippen molar-refractivity contribution in [3.05, 3.63) is 39.9 Å². The summed E-state index contributed by atoms with van der Waals surface area (Å²) in [6, 6.07) is 2.18. The number of likely N-dealkylation sites (N-methyl/N-ethyl adjacent to an activating group) is 1. The molecule has 152 valence electrons. The number of hydrogen-bond donors (Lipinski definition) is 1. The fourth-order valence-corrected chi connectivity index (χ4v) is 4.49. The van der Waals surface area contributed by atoms with Gasteiger partial charge in [0, 0.05) is 24.0 Å². The van der Waals surface area contributed by atoms with E-state index in [9.17, 15) is 4.79 Å². The first-order valence-electron chi connectivity index (χ1n) is 9.96. The molecule has 1 aliphatic rings. The normalized spacial score (nSPS) is 17.3. The number of fused-ring (bicyclic) bond motifs is 1. The Balaban J connectivity index is 1.73. The number of benzene rings is 1. The monoisotopic (exact) mass is 401 g/mol. The summed E-state index contributed by atoms with van der Waals surface area (Å²) in [5.74, 6) is 1.34. The first-order valence-corrected chi connectivity index (χ1v) is 10.8. The maximum Gasteiger partial charge on any atom is 0.229 e. The van der Waals surface area contributed by atoms with Crippen LogP contribution in [0.2, 0.25) is 0 Å². The molecule has 1 aromatic heterocycles. The average molecular weight is 402 g/mol. The molecule has 1 heterocycles. The first-order chi connectivity index (χ1) is 13.4. The highest BCUT2D eigenvalue weighted by molar-refractivity contribution is 7.13. The van der Waals surface area contributed by atoms with Gasteiger partial charge in [-0.2, -0.15) is 0 Å². The van der Waals surface area contributed by atoms with E-state index in [1.807, 2.05) is 12.3 Å². The standard InChI is InChI=1S/C22H31N3O2S/c1-14-12-20(27-10-9-25(4)5)16(3)19-13-17(6-7-18(14)19)15(2)21(26)24-22-23-8-11-28-22/h8,11-12,15,17H,6-7,9-10,13H2,1-5H3,(H,23,24,26)/t15-,17?/m0/s1. The number of rotatable bonds is 7. The molecule has 5 nitrogen and oxygen atoms in total. The summed E-state index contributed by atoms with van der Waals surface area (Å²) in [7, 11) is 4.11. The van der Waals surface area contributed by atoms with E-state index in [1.54, 1.807) is 6.20 Å². The van der Waals surface area contributed by atoms with Crippen molar-refractivity contribution in [2.45, 2.75) is 40.0 Å². The highest BCUT2D eigenvalue weighted by atomic mass is 32.1. The van der Waals surface area contributed by atoms with Gasteiger partial charge in [-0.1, -0.05) is 6.92 Å². The molecule has 3 rings (SSSR count). The summed E-state index contributed by atoms with van der Waals surface area (Å²) in [6.45, 7) is 7.95. The van der Waals surface area contributed by atoms with Crippen molar-refractivity contribution in [1.29, 1.82) is 0 Å². The van der Waals surface area contributed by atoms with Gasteiger partial charge in [0.05, 0.1) is 0 Å². The number of carbonyl (C=O) groups excluding carboxylic acids is 1. The van der Waals surface area contributed by atoms with Gasteiger partial charge in [-0.25, -0.2) is 4.98 Å². The molecule has 2 aromatic rings. The lowest BCUT2D eigenvalue weighted by atomic mass is 9.75. The number of nitrogens with zero attached hydrogens (tertiary/aromatic N) is 2. The highest BCUT2D eigenvalue weighted by Gasteiger charge is 2.30. The maximum absolute atomic E-state index is 12.7. The number of anilines is 1. The summed E-state index contributed by atoms with van der Waals surface area (Å²) in [6.07, 6.45) is 4.71. The van der Waals surface area contributed by atoms with Crippen molar-refractivity contribution < 1.29 is 9.53 Å². The molecule has 1 unspecified atom stereocenters. The molecule has 0 bridgehead atoms. The van der Waals surface area contributed by atoms with Gasteiger partial charge in [0.2, 0.25) is 5.91 Å². The Labute approximate surface area is 172 Å². The van der Waals surface area contributed by atoms with E-state index in [0.717, 1.165) is 31.6 Å². The molecule has 1 amide bonds. The molecule has 1 N–H and O–H groups in total. The van der Waals surface area contributed by atoms with Crippen molar-refractivity contribution in [3.63, 3.8) is 0 Å². The number of hydrogen-bond acceptors (Lipinski definition) is 5. The van der Waals surface area contributed by atoms with E-state index in [0.29, 0.717) is 17.7 Å². The quantitative estimate of drug-likeness (QED) is 0.760. The third-order valence-electron chi connectivity index (χ3n) is 5.82. The highest BCUT2D eigenvalue weighted by Crippen LogP contribution is 2.38. The molecule has 0 spiro atoms. The summed E-state index contributed by atoms with van der Waals surface area (Å²) in [5.41, 5.74) is 5.36. The molecule has 0 radical (unpaired) electrons. The van der Waals surface area contributed by atoms with E-state index in [4.69, 9.17) is 4.74 Å². The van der Waals surface area contributed by atoms with Gasteiger partial charge in [-0.05, 0) is 81.4 Å². The van der Waals surface area contributed by atoms with E-state index >= 15 is 0 Å². The fraction of sp³-hybridized carbons (Fsp3) is 0.545. The van der Waals surface area contributed by atoms with Crippen LogP contribution in [0.5, 0.6) is 5.75 Å². The average Bonchev–Trinajstić information content (AvgIpc) is 3.17. The predicted octanol–water partition coefficient (Wildman–Crippen LogP) is 4.08. The molecule has 2 atom stereocenters. The molecular formula is C22H31N3O2S. The second-order valence-corrected chi connectivity index (χ2v) is 8.94. The van der Waals surface area contributed by atoms with E-state index in [2.05, 4.69) is 49.2 Å². The van der Waals surface area contributed by atoms with Crippen molar-refractivity contribution in [3.8, 4) is 5.75 Å². The first kappa shape index (κ1) is 20.8. The van der Waals surface area contributed by atoms with Gasteiger partial charge >= 0.3 is 0 Å². The minimum Gasteiger partial charge on any atom is -0.492 e. The minimum atomic E-state index is -0.0462. The van der Waals surface area contributed by atoms with E-state index < -0.39 is 0 Å². The SMILES string of the molecule is Cc1cc(OCCN(C)C)c(C)c2c1CCC([C@H](C)C(=O)Nc1nccs1)C2. The summed E-state index contributed by atoms with van der Waals surface area (Å²) >= 11 is 1.46. The molecule has 0 saturated carbocycles.